The number of hydrogen-bond donors (Lipinski definition) is 0. The minimum absolute atomic E-state index is 0.0219. The SMILES string of the molecule is CCc1ccc(N2C[C@H](C(=O)Oc3ccc(N4C(=O)[C@@H]5[C@@H](C)C=CC[C@H]5C4=O)cc3)CC2=O)cc1. The number of anilines is 2. The number of nitrogens with zero attached hydrogens (tertiary/aromatic N) is 2. The summed E-state index contributed by atoms with van der Waals surface area (Å²) in [6, 6.07) is 14.2. The van der Waals surface area contributed by atoms with Crippen molar-refractivity contribution < 1.29 is 23.9 Å². The van der Waals surface area contributed by atoms with Crippen LogP contribution in [-0.4, -0.2) is 30.2 Å². The van der Waals surface area contributed by atoms with Crippen LogP contribution in [0.1, 0.15) is 32.3 Å². The Morgan fingerprint density at radius 3 is 2.31 bits per heavy atom. The van der Waals surface area contributed by atoms with Gasteiger partial charge in [0.05, 0.1) is 23.4 Å². The molecule has 0 spiro atoms. The van der Waals surface area contributed by atoms with E-state index in [1.54, 1.807) is 29.2 Å². The van der Waals surface area contributed by atoms with Crippen LogP contribution in [0.5, 0.6) is 5.75 Å². The van der Waals surface area contributed by atoms with Gasteiger partial charge in [0, 0.05) is 18.7 Å². The Kier molecular flexibility index (Phi) is 6.01. The fraction of sp³-hybridized carbons (Fsp3) is 0.357. The highest BCUT2D eigenvalue weighted by atomic mass is 16.5. The van der Waals surface area contributed by atoms with Gasteiger partial charge in [0.2, 0.25) is 17.7 Å². The first-order valence-corrected chi connectivity index (χ1v) is 12.1. The van der Waals surface area contributed by atoms with Crippen LogP contribution in [0.15, 0.2) is 60.7 Å². The number of imide groups is 1. The van der Waals surface area contributed by atoms with Gasteiger partial charge >= 0.3 is 5.97 Å². The normalized spacial score (nSPS) is 25.8. The average molecular weight is 473 g/mol. The number of aryl methyl sites for hydroxylation is 1. The van der Waals surface area contributed by atoms with E-state index in [0.717, 1.165) is 12.1 Å². The Bertz CT molecular complexity index is 1200. The molecule has 2 heterocycles. The summed E-state index contributed by atoms with van der Waals surface area (Å²) in [4.78, 5) is 54.0. The predicted octanol–water partition coefficient (Wildman–Crippen LogP) is 3.91. The third-order valence-electron chi connectivity index (χ3n) is 7.30. The van der Waals surface area contributed by atoms with Gasteiger partial charge in [-0.15, -0.1) is 0 Å². The van der Waals surface area contributed by atoms with Crippen molar-refractivity contribution >= 4 is 35.1 Å². The number of allylic oxidation sites excluding steroid dienone is 2. The lowest BCUT2D eigenvalue weighted by atomic mass is 9.78. The Balaban J connectivity index is 1.24. The van der Waals surface area contributed by atoms with Gasteiger partial charge in [0.1, 0.15) is 5.75 Å². The largest absolute Gasteiger partial charge is 0.426 e. The summed E-state index contributed by atoms with van der Waals surface area (Å²) in [7, 11) is 0. The van der Waals surface area contributed by atoms with Crippen LogP contribution in [0.4, 0.5) is 11.4 Å². The summed E-state index contributed by atoms with van der Waals surface area (Å²) in [6.07, 6.45) is 5.55. The summed E-state index contributed by atoms with van der Waals surface area (Å²) in [5.41, 5.74) is 2.43. The molecule has 2 aromatic carbocycles. The molecule has 7 nitrogen and oxygen atoms in total. The summed E-state index contributed by atoms with van der Waals surface area (Å²) < 4.78 is 5.53. The number of carbonyl (C=O) groups excluding carboxylic acids is 4. The molecular weight excluding hydrogens is 444 g/mol. The van der Waals surface area contributed by atoms with Crippen molar-refractivity contribution in [3.05, 3.63) is 66.2 Å². The van der Waals surface area contributed by atoms with Crippen molar-refractivity contribution in [1.29, 1.82) is 0 Å². The maximum Gasteiger partial charge on any atom is 0.316 e. The topological polar surface area (TPSA) is 84.0 Å². The number of ether oxygens (including phenoxy) is 1. The van der Waals surface area contributed by atoms with Gasteiger partial charge in [-0.05, 0) is 60.7 Å². The Labute approximate surface area is 204 Å². The molecule has 0 saturated carbocycles. The molecule has 2 aliphatic heterocycles. The zero-order valence-corrected chi connectivity index (χ0v) is 19.8. The van der Waals surface area contributed by atoms with E-state index in [2.05, 4.69) is 6.92 Å². The minimum atomic E-state index is -0.563. The summed E-state index contributed by atoms with van der Waals surface area (Å²) in [6.45, 7) is 4.30. The lowest BCUT2D eigenvalue weighted by Crippen LogP contribution is -2.31. The van der Waals surface area contributed by atoms with E-state index in [0.29, 0.717) is 17.9 Å². The van der Waals surface area contributed by atoms with Crippen LogP contribution >= 0.6 is 0 Å². The molecule has 3 amide bonds. The molecule has 180 valence electrons. The molecule has 3 aliphatic rings. The maximum absolute atomic E-state index is 13.0. The summed E-state index contributed by atoms with van der Waals surface area (Å²) in [5.74, 6) is -1.83. The Morgan fingerprint density at radius 1 is 0.971 bits per heavy atom. The van der Waals surface area contributed by atoms with E-state index in [9.17, 15) is 19.2 Å². The van der Waals surface area contributed by atoms with E-state index < -0.39 is 11.9 Å². The van der Waals surface area contributed by atoms with Crippen LogP contribution in [0.2, 0.25) is 0 Å². The fourth-order valence-electron chi connectivity index (χ4n) is 5.29. The molecular formula is C28H28N2O5. The van der Waals surface area contributed by atoms with Gasteiger partial charge < -0.3 is 9.64 Å². The summed E-state index contributed by atoms with van der Waals surface area (Å²) >= 11 is 0. The van der Waals surface area contributed by atoms with Crippen molar-refractivity contribution in [3.8, 4) is 5.75 Å². The van der Waals surface area contributed by atoms with E-state index in [-0.39, 0.29) is 48.4 Å². The van der Waals surface area contributed by atoms with Gasteiger partial charge in [0.25, 0.3) is 0 Å². The quantitative estimate of drug-likeness (QED) is 0.285. The molecule has 0 N–H and O–H groups in total. The number of rotatable bonds is 5. The Morgan fingerprint density at radius 2 is 1.66 bits per heavy atom. The first-order chi connectivity index (χ1) is 16.9. The highest BCUT2D eigenvalue weighted by Gasteiger charge is 2.50. The smallest absolute Gasteiger partial charge is 0.316 e. The average Bonchev–Trinajstić information content (AvgIpc) is 3.38. The van der Waals surface area contributed by atoms with E-state index >= 15 is 0 Å². The predicted molar refractivity (Wildman–Crippen MR) is 131 cm³/mol. The molecule has 4 atom stereocenters. The molecule has 2 aromatic rings. The second kappa shape index (κ2) is 9.13. The van der Waals surface area contributed by atoms with E-state index in [4.69, 9.17) is 4.74 Å². The summed E-state index contributed by atoms with van der Waals surface area (Å²) in [5, 5.41) is 0. The van der Waals surface area contributed by atoms with Gasteiger partial charge in [0.15, 0.2) is 0 Å². The number of hydrogen-bond acceptors (Lipinski definition) is 5. The van der Waals surface area contributed by atoms with Crippen LogP contribution in [-0.2, 0) is 25.6 Å². The van der Waals surface area contributed by atoms with Crippen molar-refractivity contribution in [2.75, 3.05) is 16.3 Å². The van der Waals surface area contributed by atoms with E-state index in [1.807, 2.05) is 43.3 Å². The minimum Gasteiger partial charge on any atom is -0.426 e. The number of esters is 1. The standard InChI is InChI=1S/C28H28N2O5/c1-3-18-7-9-20(10-8-18)29-16-19(15-24(29)31)28(34)35-22-13-11-21(12-14-22)30-26(32)23-6-4-5-17(2)25(23)27(30)33/h4-5,7-14,17,19,23,25H,3,6,15-16H2,1-2H3/t17-,19+,23+,25+/m0/s1. The molecule has 7 heteroatoms. The molecule has 0 aromatic heterocycles. The molecule has 0 unspecified atom stereocenters. The van der Waals surface area contributed by atoms with Crippen LogP contribution in [0.3, 0.4) is 0 Å². The number of carbonyl (C=O) groups is 4. The van der Waals surface area contributed by atoms with Crippen molar-refractivity contribution in [3.63, 3.8) is 0 Å². The zero-order valence-electron chi connectivity index (χ0n) is 19.8. The van der Waals surface area contributed by atoms with Crippen LogP contribution < -0.4 is 14.5 Å². The number of fused-ring (bicyclic) bond motifs is 1. The number of amides is 3. The Hall–Kier alpha value is -3.74. The molecule has 2 saturated heterocycles. The molecule has 35 heavy (non-hydrogen) atoms. The third-order valence-corrected chi connectivity index (χ3v) is 7.30. The fourth-order valence-corrected chi connectivity index (χ4v) is 5.29. The second-order valence-corrected chi connectivity index (χ2v) is 9.51. The lowest BCUT2D eigenvalue weighted by molar-refractivity contribution is -0.139. The molecule has 1 aliphatic carbocycles. The highest BCUT2D eigenvalue weighted by molar-refractivity contribution is 6.22. The molecule has 0 bridgehead atoms. The van der Waals surface area contributed by atoms with Gasteiger partial charge in [-0.1, -0.05) is 38.1 Å². The zero-order chi connectivity index (χ0) is 24.7. The van der Waals surface area contributed by atoms with Gasteiger partial charge in [-0.25, -0.2) is 0 Å². The van der Waals surface area contributed by atoms with Crippen molar-refractivity contribution in [2.24, 2.45) is 23.7 Å². The third kappa shape index (κ3) is 4.16. The van der Waals surface area contributed by atoms with E-state index in [1.165, 1.54) is 10.5 Å². The van der Waals surface area contributed by atoms with Gasteiger partial charge in [-0.3, -0.25) is 24.1 Å². The monoisotopic (exact) mass is 472 g/mol. The van der Waals surface area contributed by atoms with Crippen molar-refractivity contribution in [2.45, 2.75) is 33.1 Å². The van der Waals surface area contributed by atoms with Crippen molar-refractivity contribution in [1.82, 2.24) is 0 Å². The van der Waals surface area contributed by atoms with Crippen LogP contribution in [0, 0.1) is 23.7 Å². The second-order valence-electron chi connectivity index (χ2n) is 9.51. The first kappa shape index (κ1) is 23.0. The molecule has 0 radical (unpaired) electrons. The van der Waals surface area contributed by atoms with Crippen LogP contribution in [0.25, 0.3) is 0 Å². The van der Waals surface area contributed by atoms with Gasteiger partial charge in [-0.2, -0.15) is 0 Å². The number of benzene rings is 2. The maximum atomic E-state index is 13.0. The molecule has 5 rings (SSSR count). The lowest BCUT2D eigenvalue weighted by Gasteiger charge is -2.22. The first-order valence-electron chi connectivity index (χ1n) is 12.1. The molecule has 2 fully saturated rings. The highest BCUT2D eigenvalue weighted by Crippen LogP contribution is 2.40.